The van der Waals surface area contributed by atoms with E-state index in [2.05, 4.69) is 16.6 Å². The number of ether oxygens (including phenoxy) is 4. The summed E-state index contributed by atoms with van der Waals surface area (Å²) in [6, 6.07) is 0. The highest BCUT2D eigenvalue weighted by atomic mass is 16.6. The summed E-state index contributed by atoms with van der Waals surface area (Å²) in [6.07, 6.45) is 4.91. The van der Waals surface area contributed by atoms with Gasteiger partial charge in [0.2, 0.25) is 6.08 Å². The first-order valence-electron chi connectivity index (χ1n) is 9.06. The molecular weight excluding hydrogens is 370 g/mol. The van der Waals surface area contributed by atoms with Gasteiger partial charge in [0.15, 0.2) is 0 Å². The second-order valence-corrected chi connectivity index (χ2v) is 5.51. The number of carbonyl (C=O) groups excluding carboxylic acids is 4. The summed E-state index contributed by atoms with van der Waals surface area (Å²) in [5, 5.41) is 2.45. The Kier molecular flexibility index (Phi) is 15.7. The molecule has 0 bridgehead atoms. The van der Waals surface area contributed by atoms with Crippen molar-refractivity contribution in [1.29, 1.82) is 0 Å². The maximum atomic E-state index is 11.4. The van der Waals surface area contributed by atoms with Gasteiger partial charge in [-0.15, -0.1) is 4.79 Å². The maximum absolute atomic E-state index is 11.4. The predicted octanol–water partition coefficient (Wildman–Crippen LogP) is 1.86. The van der Waals surface area contributed by atoms with Gasteiger partial charge in [-0.1, -0.05) is 6.58 Å². The van der Waals surface area contributed by atoms with E-state index in [0.29, 0.717) is 25.9 Å². The smallest absolute Gasteiger partial charge is 0.466 e. The van der Waals surface area contributed by atoms with E-state index in [0.717, 1.165) is 25.0 Å². The molecule has 9 nitrogen and oxygen atoms in total. The quantitative estimate of drug-likeness (QED) is 0.138. The molecular formula is C19H28NO8+. The van der Waals surface area contributed by atoms with Crippen LogP contribution < -0.4 is 5.32 Å². The number of hydrogen-bond acceptors (Lipinski definition) is 8. The number of alkyl carbamates (subject to hydrolysis) is 1. The van der Waals surface area contributed by atoms with Crippen molar-refractivity contribution in [3.63, 3.8) is 0 Å². The first-order valence-corrected chi connectivity index (χ1v) is 9.06. The van der Waals surface area contributed by atoms with Gasteiger partial charge < -0.3 is 24.3 Å². The number of amides is 1. The van der Waals surface area contributed by atoms with Gasteiger partial charge in [-0.3, -0.25) is 4.79 Å². The molecule has 0 radical (unpaired) electrons. The highest BCUT2D eigenvalue weighted by Gasteiger charge is 2.07. The van der Waals surface area contributed by atoms with Crippen LogP contribution in [0.4, 0.5) is 4.79 Å². The summed E-state index contributed by atoms with van der Waals surface area (Å²) >= 11 is 0. The van der Waals surface area contributed by atoms with E-state index >= 15 is 0 Å². The minimum Gasteiger partial charge on any atom is -0.466 e. The summed E-state index contributed by atoms with van der Waals surface area (Å²) in [5.74, 6) is -1.51. The molecule has 0 rings (SSSR count). The van der Waals surface area contributed by atoms with E-state index in [4.69, 9.17) is 20.8 Å². The van der Waals surface area contributed by atoms with Crippen molar-refractivity contribution in [2.24, 2.45) is 0 Å². The van der Waals surface area contributed by atoms with Crippen LogP contribution in [0.5, 0.6) is 0 Å². The Morgan fingerprint density at radius 3 is 2.04 bits per heavy atom. The SMILES string of the molecule is [CH+]=CC(=O)OCCCC(=O)OCCCCCCOC(=O)NCCOC(=O)C=C. The molecule has 0 aromatic rings. The molecule has 0 spiro atoms. The topological polar surface area (TPSA) is 117 Å². The third kappa shape index (κ3) is 16.5. The molecule has 0 saturated carbocycles. The van der Waals surface area contributed by atoms with Crippen molar-refractivity contribution in [3.8, 4) is 0 Å². The van der Waals surface area contributed by atoms with Crippen molar-refractivity contribution in [2.45, 2.75) is 38.5 Å². The maximum Gasteiger partial charge on any atom is 0.484 e. The number of esters is 3. The first-order chi connectivity index (χ1) is 13.5. The fraction of sp³-hybridized carbons (Fsp3) is 0.579. The highest BCUT2D eigenvalue weighted by Crippen LogP contribution is 2.02. The second kappa shape index (κ2) is 17.5. The van der Waals surface area contributed by atoms with E-state index < -0.39 is 18.0 Å². The lowest BCUT2D eigenvalue weighted by Gasteiger charge is -2.07. The lowest BCUT2D eigenvalue weighted by molar-refractivity contribution is -0.145. The average molecular weight is 398 g/mol. The zero-order chi connectivity index (χ0) is 21.0. The van der Waals surface area contributed by atoms with Crippen LogP contribution in [0.15, 0.2) is 18.7 Å². The van der Waals surface area contributed by atoms with E-state index in [1.807, 2.05) is 0 Å². The Morgan fingerprint density at radius 2 is 1.39 bits per heavy atom. The van der Waals surface area contributed by atoms with Gasteiger partial charge in [-0.05, 0) is 32.1 Å². The molecule has 1 amide bonds. The van der Waals surface area contributed by atoms with Crippen LogP contribution >= 0.6 is 0 Å². The molecule has 0 saturated heterocycles. The van der Waals surface area contributed by atoms with Gasteiger partial charge in [-0.25, -0.2) is 9.59 Å². The van der Waals surface area contributed by atoms with Gasteiger partial charge in [-0.2, -0.15) is 0 Å². The zero-order valence-corrected chi connectivity index (χ0v) is 16.0. The molecule has 28 heavy (non-hydrogen) atoms. The van der Waals surface area contributed by atoms with Crippen molar-refractivity contribution in [3.05, 3.63) is 25.3 Å². The number of carbonyl (C=O) groups is 4. The molecule has 0 aliphatic carbocycles. The summed E-state index contributed by atoms with van der Waals surface area (Å²) in [5.41, 5.74) is 0. The minimum absolute atomic E-state index is 0.0517. The van der Waals surface area contributed by atoms with E-state index in [9.17, 15) is 19.2 Å². The summed E-state index contributed by atoms with van der Waals surface area (Å²) < 4.78 is 19.4. The molecule has 0 aromatic carbocycles. The molecule has 156 valence electrons. The Balaban J connectivity index is 3.38. The number of unbranched alkanes of at least 4 members (excludes halogenated alkanes) is 3. The molecule has 0 aromatic heterocycles. The fourth-order valence-electron chi connectivity index (χ4n) is 1.83. The lowest BCUT2D eigenvalue weighted by Crippen LogP contribution is -2.28. The van der Waals surface area contributed by atoms with Gasteiger partial charge in [0.25, 0.3) is 0 Å². The van der Waals surface area contributed by atoms with Gasteiger partial charge in [0.05, 0.1) is 26.3 Å². The number of hydrogen-bond donors (Lipinski definition) is 1. The Bertz CT molecular complexity index is 472. The lowest BCUT2D eigenvalue weighted by atomic mass is 10.2. The Morgan fingerprint density at radius 1 is 0.786 bits per heavy atom. The Hall–Kier alpha value is -2.93. The third-order valence-electron chi connectivity index (χ3n) is 3.22. The van der Waals surface area contributed by atoms with Crippen LogP contribution in [-0.2, 0) is 33.3 Å². The summed E-state index contributed by atoms with van der Waals surface area (Å²) in [6.45, 7) is 9.14. The summed E-state index contributed by atoms with van der Waals surface area (Å²) in [7, 11) is 0. The van der Waals surface area contributed by atoms with Gasteiger partial charge in [0.1, 0.15) is 13.2 Å². The molecule has 0 unspecified atom stereocenters. The molecule has 0 atom stereocenters. The minimum atomic E-state index is -0.621. The third-order valence-corrected chi connectivity index (χ3v) is 3.22. The van der Waals surface area contributed by atoms with Gasteiger partial charge in [0, 0.05) is 12.5 Å². The standard InChI is InChI=1S/C19H27NO8/c1-3-16(21)25-14-9-10-18(23)26-12-7-5-6-8-13-28-19(24)20-11-15-27-17(22)4-2/h1,3-4H,2,5-15H2/p+1. The van der Waals surface area contributed by atoms with Crippen LogP contribution in [-0.4, -0.2) is 57.0 Å². The van der Waals surface area contributed by atoms with Crippen LogP contribution in [0.2, 0.25) is 0 Å². The van der Waals surface area contributed by atoms with Crippen LogP contribution in [0.3, 0.4) is 0 Å². The first kappa shape index (κ1) is 25.1. The molecule has 9 heteroatoms. The van der Waals surface area contributed by atoms with Crippen molar-refractivity contribution in [1.82, 2.24) is 5.32 Å². The van der Waals surface area contributed by atoms with Crippen LogP contribution in [0, 0.1) is 6.58 Å². The van der Waals surface area contributed by atoms with Gasteiger partial charge >= 0.3 is 24.0 Å². The monoisotopic (exact) mass is 398 g/mol. The second-order valence-electron chi connectivity index (χ2n) is 5.51. The largest absolute Gasteiger partial charge is 0.484 e. The van der Waals surface area contributed by atoms with Crippen LogP contribution in [0.1, 0.15) is 38.5 Å². The number of nitrogens with one attached hydrogen (secondary N) is 1. The highest BCUT2D eigenvalue weighted by molar-refractivity contribution is 5.81. The zero-order valence-electron chi connectivity index (χ0n) is 16.0. The Labute approximate surface area is 165 Å². The van der Waals surface area contributed by atoms with Crippen molar-refractivity contribution in [2.75, 3.05) is 33.0 Å². The molecule has 0 heterocycles. The fourth-order valence-corrected chi connectivity index (χ4v) is 1.83. The molecule has 1 N–H and O–H groups in total. The molecule has 0 fully saturated rings. The normalized spacial score (nSPS) is 9.68. The van der Waals surface area contributed by atoms with E-state index in [1.54, 1.807) is 0 Å². The van der Waals surface area contributed by atoms with Crippen LogP contribution in [0.25, 0.3) is 0 Å². The molecule has 0 aliphatic heterocycles. The summed E-state index contributed by atoms with van der Waals surface area (Å²) in [4.78, 5) is 44.3. The van der Waals surface area contributed by atoms with Crippen molar-refractivity contribution >= 4 is 24.0 Å². The van der Waals surface area contributed by atoms with E-state index in [-0.39, 0.29) is 38.8 Å². The van der Waals surface area contributed by atoms with Crippen molar-refractivity contribution < 1.29 is 38.1 Å². The number of rotatable bonds is 16. The average Bonchev–Trinajstić information content (AvgIpc) is 2.69. The predicted molar refractivity (Wildman–Crippen MR) is 99.0 cm³/mol. The van der Waals surface area contributed by atoms with E-state index in [1.165, 1.54) is 0 Å². The molecule has 0 aliphatic rings.